The maximum atomic E-state index is 5.80. The van der Waals surface area contributed by atoms with Crippen LogP contribution >= 0.6 is 43.2 Å². The maximum Gasteiger partial charge on any atom is 0.211 e. The number of hydrogen-bond donors (Lipinski definition) is 1. The van der Waals surface area contributed by atoms with Gasteiger partial charge in [-0.05, 0) is 57.8 Å². The molecule has 0 aliphatic rings. The molecule has 1 unspecified atom stereocenters. The molecule has 0 bridgehead atoms. The van der Waals surface area contributed by atoms with E-state index < -0.39 is 0 Å². The van der Waals surface area contributed by atoms with Crippen LogP contribution in [0.4, 0.5) is 0 Å². The number of thiophene rings is 1. The first-order chi connectivity index (χ1) is 8.61. The highest BCUT2D eigenvalue weighted by molar-refractivity contribution is 9.12. The van der Waals surface area contributed by atoms with Gasteiger partial charge in [-0.25, -0.2) is 4.98 Å². The lowest BCUT2D eigenvalue weighted by Crippen LogP contribution is -2.19. The van der Waals surface area contributed by atoms with Crippen LogP contribution in [0.15, 0.2) is 24.3 Å². The number of aromatic nitrogens is 1. The summed E-state index contributed by atoms with van der Waals surface area (Å²) in [7, 11) is 0. The van der Waals surface area contributed by atoms with Gasteiger partial charge in [-0.3, -0.25) is 0 Å². The second-order valence-electron chi connectivity index (χ2n) is 3.98. The molecule has 0 aliphatic carbocycles. The van der Waals surface area contributed by atoms with Crippen LogP contribution in [0.3, 0.4) is 0 Å². The average Bonchev–Trinajstić information content (AvgIpc) is 2.92. The molecule has 0 amide bonds. The molecular formula is C12H14Br2N2OS. The zero-order chi connectivity index (χ0) is 13.1. The molecule has 2 aromatic rings. The van der Waals surface area contributed by atoms with Gasteiger partial charge in [0.1, 0.15) is 0 Å². The quantitative estimate of drug-likeness (QED) is 0.777. The number of hydrogen-bond acceptors (Lipinski definition) is 4. The maximum absolute atomic E-state index is 5.80. The number of nitrogens with one attached hydrogen (secondary N) is 1. The Morgan fingerprint density at radius 3 is 2.89 bits per heavy atom. The summed E-state index contributed by atoms with van der Waals surface area (Å²) in [6.07, 6.45) is 2.87. The van der Waals surface area contributed by atoms with E-state index in [4.69, 9.17) is 4.42 Å². The minimum Gasteiger partial charge on any atom is -0.439 e. The molecule has 0 aliphatic heterocycles. The third kappa shape index (κ3) is 3.23. The van der Waals surface area contributed by atoms with Crippen molar-refractivity contribution in [3.05, 3.63) is 25.7 Å². The van der Waals surface area contributed by atoms with Gasteiger partial charge in [0.25, 0.3) is 0 Å². The monoisotopic (exact) mass is 392 g/mol. The Hall–Kier alpha value is -0.170. The fourth-order valence-corrected chi connectivity index (χ4v) is 4.39. The van der Waals surface area contributed by atoms with E-state index in [0.29, 0.717) is 0 Å². The van der Waals surface area contributed by atoms with E-state index in [-0.39, 0.29) is 6.04 Å². The van der Waals surface area contributed by atoms with E-state index in [0.717, 1.165) is 37.8 Å². The smallest absolute Gasteiger partial charge is 0.211 e. The highest BCUT2D eigenvalue weighted by Gasteiger charge is 2.15. The Kier molecular flexibility index (Phi) is 5.00. The number of oxazole rings is 1. The summed E-state index contributed by atoms with van der Waals surface area (Å²) in [6.45, 7) is 5.16. The van der Waals surface area contributed by atoms with Crippen molar-refractivity contribution in [2.24, 2.45) is 0 Å². The first-order valence-electron chi connectivity index (χ1n) is 5.76. The Morgan fingerprint density at radius 2 is 2.28 bits per heavy atom. The first kappa shape index (κ1) is 14.2. The van der Waals surface area contributed by atoms with Crippen molar-refractivity contribution < 1.29 is 4.42 Å². The van der Waals surface area contributed by atoms with Crippen molar-refractivity contribution in [2.75, 3.05) is 6.54 Å². The predicted molar refractivity (Wildman–Crippen MR) is 81.9 cm³/mol. The molecule has 0 saturated heterocycles. The Labute approximate surface area is 127 Å². The minimum absolute atomic E-state index is 0.138. The number of rotatable bonds is 5. The van der Waals surface area contributed by atoms with Gasteiger partial charge >= 0.3 is 0 Å². The summed E-state index contributed by atoms with van der Waals surface area (Å²) in [5.74, 6) is 1.52. The lowest BCUT2D eigenvalue weighted by Gasteiger charge is -2.08. The van der Waals surface area contributed by atoms with Gasteiger partial charge in [0.15, 0.2) is 5.76 Å². The summed E-state index contributed by atoms with van der Waals surface area (Å²) in [6, 6.07) is 2.17. The standard InChI is InChI=1S/C12H14Br2N2OS/c1-3-4-15-7(2)12-16-6-9(17-12)8-5-10(13)18-11(8)14/h5-7,15H,3-4H2,1-2H3. The van der Waals surface area contributed by atoms with Crippen molar-refractivity contribution in [2.45, 2.75) is 26.3 Å². The molecule has 2 aromatic heterocycles. The van der Waals surface area contributed by atoms with Gasteiger partial charge in [-0.15, -0.1) is 11.3 Å². The highest BCUT2D eigenvalue weighted by Crippen LogP contribution is 2.39. The molecule has 2 rings (SSSR count). The van der Waals surface area contributed by atoms with Gasteiger partial charge in [0, 0.05) is 5.56 Å². The van der Waals surface area contributed by atoms with E-state index in [1.54, 1.807) is 17.5 Å². The topological polar surface area (TPSA) is 38.1 Å². The molecule has 1 N–H and O–H groups in total. The summed E-state index contributed by atoms with van der Waals surface area (Å²) >= 11 is 8.62. The van der Waals surface area contributed by atoms with Crippen LogP contribution in [0, 0.1) is 0 Å². The zero-order valence-electron chi connectivity index (χ0n) is 10.2. The normalized spacial score (nSPS) is 12.9. The minimum atomic E-state index is 0.138. The predicted octanol–water partition coefficient (Wildman–Crippen LogP) is 4.99. The Morgan fingerprint density at radius 1 is 1.50 bits per heavy atom. The molecule has 0 fully saturated rings. The molecule has 98 valence electrons. The van der Waals surface area contributed by atoms with Gasteiger partial charge < -0.3 is 9.73 Å². The van der Waals surface area contributed by atoms with E-state index in [2.05, 4.69) is 56.0 Å². The SMILES string of the molecule is CCCNC(C)c1ncc(-c2cc(Br)sc2Br)o1. The van der Waals surface area contributed by atoms with Gasteiger partial charge in [-0.1, -0.05) is 6.92 Å². The van der Waals surface area contributed by atoms with Crippen LogP contribution in [-0.4, -0.2) is 11.5 Å². The summed E-state index contributed by atoms with van der Waals surface area (Å²) in [4.78, 5) is 4.34. The Bertz CT molecular complexity index is 524. The van der Waals surface area contributed by atoms with Crippen LogP contribution in [0.1, 0.15) is 32.2 Å². The molecular weight excluding hydrogens is 380 g/mol. The molecule has 3 nitrogen and oxygen atoms in total. The zero-order valence-corrected chi connectivity index (χ0v) is 14.2. The fraction of sp³-hybridized carbons (Fsp3) is 0.417. The lowest BCUT2D eigenvalue weighted by molar-refractivity contribution is 0.423. The second kappa shape index (κ2) is 6.32. The summed E-state index contributed by atoms with van der Waals surface area (Å²) in [5.41, 5.74) is 1.04. The van der Waals surface area contributed by atoms with E-state index in [9.17, 15) is 0 Å². The van der Waals surface area contributed by atoms with Crippen molar-refractivity contribution >= 4 is 43.2 Å². The van der Waals surface area contributed by atoms with E-state index in [1.807, 2.05) is 6.07 Å². The van der Waals surface area contributed by atoms with E-state index in [1.165, 1.54) is 0 Å². The van der Waals surface area contributed by atoms with E-state index >= 15 is 0 Å². The van der Waals surface area contributed by atoms with Crippen molar-refractivity contribution in [1.82, 2.24) is 10.3 Å². The molecule has 1 atom stereocenters. The molecule has 6 heteroatoms. The fourth-order valence-electron chi connectivity index (χ4n) is 1.57. The largest absolute Gasteiger partial charge is 0.439 e. The number of nitrogens with zero attached hydrogens (tertiary/aromatic N) is 1. The van der Waals surface area contributed by atoms with Gasteiger partial charge in [0.05, 0.1) is 19.8 Å². The van der Waals surface area contributed by atoms with Crippen LogP contribution in [0.25, 0.3) is 11.3 Å². The molecule has 0 spiro atoms. The van der Waals surface area contributed by atoms with Crippen molar-refractivity contribution in [3.63, 3.8) is 0 Å². The second-order valence-corrected chi connectivity index (χ2v) is 7.73. The van der Waals surface area contributed by atoms with Gasteiger partial charge in [0.2, 0.25) is 5.89 Å². The molecule has 2 heterocycles. The van der Waals surface area contributed by atoms with Crippen LogP contribution in [0.2, 0.25) is 0 Å². The molecule has 0 saturated carbocycles. The average molecular weight is 394 g/mol. The van der Waals surface area contributed by atoms with Crippen molar-refractivity contribution in [3.8, 4) is 11.3 Å². The third-order valence-corrected chi connectivity index (χ3v) is 4.86. The van der Waals surface area contributed by atoms with Crippen LogP contribution in [-0.2, 0) is 0 Å². The van der Waals surface area contributed by atoms with Crippen LogP contribution in [0.5, 0.6) is 0 Å². The van der Waals surface area contributed by atoms with Gasteiger partial charge in [-0.2, -0.15) is 0 Å². The summed E-state index contributed by atoms with van der Waals surface area (Å²) < 4.78 is 7.92. The lowest BCUT2D eigenvalue weighted by atomic mass is 10.3. The summed E-state index contributed by atoms with van der Waals surface area (Å²) in [5, 5.41) is 3.36. The highest BCUT2D eigenvalue weighted by atomic mass is 79.9. The third-order valence-electron chi connectivity index (χ3n) is 2.52. The molecule has 18 heavy (non-hydrogen) atoms. The van der Waals surface area contributed by atoms with Crippen molar-refractivity contribution in [1.29, 1.82) is 0 Å². The number of halogens is 2. The van der Waals surface area contributed by atoms with Crippen LogP contribution < -0.4 is 5.32 Å². The molecule has 0 radical (unpaired) electrons. The first-order valence-corrected chi connectivity index (χ1v) is 8.16. The molecule has 0 aromatic carbocycles. The Balaban J connectivity index is 2.17.